The van der Waals surface area contributed by atoms with Gasteiger partial charge in [-0.2, -0.15) is 35.8 Å². The Morgan fingerprint density at radius 3 is 2.00 bits per heavy atom. The van der Waals surface area contributed by atoms with Gasteiger partial charge < -0.3 is 4.74 Å². The molecule has 3 nitrogen and oxygen atoms in total. The van der Waals surface area contributed by atoms with Gasteiger partial charge in [0.2, 0.25) is 0 Å². The Labute approximate surface area is 187 Å². The van der Waals surface area contributed by atoms with E-state index in [1.165, 1.54) is 12.1 Å². The van der Waals surface area contributed by atoms with Crippen LogP contribution in [-0.4, -0.2) is 24.4 Å². The summed E-state index contributed by atoms with van der Waals surface area (Å²) < 4.78 is 94.6. The van der Waals surface area contributed by atoms with Gasteiger partial charge in [0.05, 0.1) is 15.2 Å². The molecule has 0 bridgehead atoms. The normalized spacial score (nSPS) is 13.0. The Morgan fingerprint density at radius 2 is 1.50 bits per heavy atom. The lowest BCUT2D eigenvalue weighted by Gasteiger charge is -2.27. The first kappa shape index (κ1) is 24.7. The molecule has 0 radical (unpaired) electrons. The van der Waals surface area contributed by atoms with Crippen molar-refractivity contribution in [3.8, 4) is 5.75 Å². The Kier molecular flexibility index (Phi) is 7.68. The van der Waals surface area contributed by atoms with Crippen molar-refractivity contribution in [1.82, 2.24) is 5.43 Å². The fourth-order valence-corrected chi connectivity index (χ4v) is 3.54. The highest BCUT2D eigenvalue weighted by atomic mass is 79.9. The summed E-state index contributed by atoms with van der Waals surface area (Å²) in [6.07, 6.45) is -5.80. The van der Waals surface area contributed by atoms with Gasteiger partial charge in [0.1, 0.15) is 12.4 Å². The van der Waals surface area contributed by atoms with Gasteiger partial charge in [-0.3, -0.25) is 0 Å². The van der Waals surface area contributed by atoms with Crippen LogP contribution in [0.2, 0.25) is 5.02 Å². The molecule has 0 saturated heterocycles. The number of hydrazone groups is 1. The van der Waals surface area contributed by atoms with E-state index in [4.69, 9.17) is 16.3 Å². The minimum atomic E-state index is -6.45. The van der Waals surface area contributed by atoms with Crippen molar-refractivity contribution in [2.75, 3.05) is 0 Å². The highest BCUT2D eigenvalue weighted by Crippen LogP contribution is 2.45. The van der Waals surface area contributed by atoms with E-state index in [0.717, 1.165) is 5.56 Å². The topological polar surface area (TPSA) is 33.6 Å². The molecule has 0 amide bonds. The van der Waals surface area contributed by atoms with E-state index in [2.05, 4.69) is 37.0 Å². The molecule has 164 valence electrons. The first-order chi connectivity index (χ1) is 13.7. The summed E-state index contributed by atoms with van der Waals surface area (Å²) in [7, 11) is 0. The Balaban J connectivity index is 2.10. The molecule has 0 heterocycles. The van der Waals surface area contributed by atoms with Gasteiger partial charge in [-0.25, -0.2) is 5.43 Å². The lowest BCUT2D eigenvalue weighted by Crippen LogP contribution is -2.58. The number of nitrogens with one attached hydrogen (secondary N) is 1. The molecule has 0 aromatic heterocycles. The quantitative estimate of drug-likeness (QED) is 0.162. The lowest BCUT2D eigenvalue weighted by molar-refractivity contribution is -0.361. The van der Waals surface area contributed by atoms with Crippen molar-refractivity contribution in [2.24, 2.45) is 5.10 Å². The van der Waals surface area contributed by atoms with Crippen LogP contribution >= 0.6 is 43.5 Å². The van der Waals surface area contributed by atoms with Gasteiger partial charge in [0.25, 0.3) is 0 Å². The predicted octanol–water partition coefficient (Wildman–Crippen LogP) is 7.16. The molecule has 0 unspecified atom stereocenters. The summed E-state index contributed by atoms with van der Waals surface area (Å²) in [5, 5.41) is 3.36. The van der Waals surface area contributed by atoms with E-state index in [-0.39, 0.29) is 12.2 Å². The Morgan fingerprint density at radius 1 is 0.967 bits per heavy atom. The number of nitrogens with zero attached hydrogens (tertiary/aromatic N) is 1. The van der Waals surface area contributed by atoms with Crippen LogP contribution in [0.3, 0.4) is 0 Å². The summed E-state index contributed by atoms with van der Waals surface area (Å²) >= 11 is 12.2. The minimum Gasteiger partial charge on any atom is -0.487 e. The van der Waals surface area contributed by atoms with Gasteiger partial charge in [0.15, 0.2) is 0 Å². The van der Waals surface area contributed by atoms with Crippen molar-refractivity contribution < 1.29 is 35.5 Å². The van der Waals surface area contributed by atoms with Crippen LogP contribution in [0.1, 0.15) is 11.1 Å². The molecule has 2 aromatic rings. The van der Waals surface area contributed by atoms with Crippen molar-refractivity contribution in [3.05, 3.63) is 61.5 Å². The summed E-state index contributed by atoms with van der Waals surface area (Å²) in [6, 6.07) is 3.88. The number of hydrogen-bond donors (Lipinski definition) is 1. The molecule has 0 atom stereocenters. The number of hydrogen-bond acceptors (Lipinski definition) is 3. The fourth-order valence-electron chi connectivity index (χ4n) is 1.96. The second-order valence-corrected chi connectivity index (χ2v) is 7.89. The average molecular weight is 587 g/mol. The molecule has 2 rings (SSSR count). The zero-order valence-electron chi connectivity index (χ0n) is 14.4. The van der Waals surface area contributed by atoms with E-state index in [1.807, 2.05) is 0 Å². The molecule has 0 fully saturated rings. The third kappa shape index (κ3) is 5.79. The summed E-state index contributed by atoms with van der Waals surface area (Å²) in [5.41, 5.74) is 1.46. The third-order valence-electron chi connectivity index (χ3n) is 3.49. The molecule has 30 heavy (non-hydrogen) atoms. The SMILES string of the molecule is FC(F)(F)C(F)(F)C(F)(F)N/N=C/c1cc(Br)c(OCc2ccc(Cl)cc2)c(Br)c1. The standard InChI is InChI=1S/C17H10Br2ClF7N2O/c18-12-5-10(7-28-29-17(26,27)15(21,22)16(23,24)25)6-13(19)14(12)30-8-9-1-3-11(20)4-2-9/h1-7,29H,8H2/b28-7+. The molecule has 2 aromatic carbocycles. The summed E-state index contributed by atoms with van der Waals surface area (Å²) in [4.78, 5) is 0. The minimum absolute atomic E-state index is 0.103. The molecule has 13 heteroatoms. The number of halogens is 10. The van der Waals surface area contributed by atoms with Crippen LogP contribution < -0.4 is 10.2 Å². The van der Waals surface area contributed by atoms with Crippen LogP contribution in [0.15, 0.2) is 50.4 Å². The molecule has 0 saturated carbocycles. The summed E-state index contributed by atoms with van der Waals surface area (Å²) in [6.45, 7) is 0.169. The maximum atomic E-state index is 13.2. The molecule has 1 N–H and O–H groups in total. The van der Waals surface area contributed by atoms with Crippen LogP contribution in [0, 0.1) is 0 Å². The number of alkyl halides is 7. The van der Waals surface area contributed by atoms with E-state index in [1.54, 1.807) is 24.3 Å². The van der Waals surface area contributed by atoms with Gasteiger partial charge in [-0.1, -0.05) is 23.7 Å². The van der Waals surface area contributed by atoms with Crippen molar-refractivity contribution in [2.45, 2.75) is 24.8 Å². The first-order valence-electron chi connectivity index (χ1n) is 7.73. The van der Waals surface area contributed by atoms with Gasteiger partial charge in [-0.15, -0.1) is 0 Å². The maximum Gasteiger partial charge on any atom is 0.462 e. The molecule has 0 spiro atoms. The Bertz CT molecular complexity index is 898. The first-order valence-corrected chi connectivity index (χ1v) is 9.70. The second kappa shape index (κ2) is 9.31. The van der Waals surface area contributed by atoms with Crippen molar-refractivity contribution in [1.29, 1.82) is 0 Å². The van der Waals surface area contributed by atoms with Crippen LogP contribution in [0.4, 0.5) is 30.7 Å². The average Bonchev–Trinajstić information content (AvgIpc) is 2.61. The predicted molar refractivity (Wildman–Crippen MR) is 104 cm³/mol. The van der Waals surface area contributed by atoms with E-state index in [0.29, 0.717) is 31.4 Å². The van der Waals surface area contributed by atoms with E-state index < -0.39 is 18.1 Å². The molecule has 0 aliphatic rings. The number of ether oxygens (including phenoxy) is 1. The largest absolute Gasteiger partial charge is 0.487 e. The van der Waals surface area contributed by atoms with Crippen LogP contribution in [0.5, 0.6) is 5.75 Å². The molecular weight excluding hydrogens is 576 g/mol. The highest BCUT2D eigenvalue weighted by molar-refractivity contribution is 9.11. The van der Waals surface area contributed by atoms with Gasteiger partial charge in [0, 0.05) is 5.02 Å². The molecule has 0 aliphatic carbocycles. The van der Waals surface area contributed by atoms with Crippen LogP contribution in [-0.2, 0) is 6.61 Å². The van der Waals surface area contributed by atoms with Crippen molar-refractivity contribution >= 4 is 49.7 Å². The number of rotatable bonds is 7. The second-order valence-electron chi connectivity index (χ2n) is 5.75. The van der Waals surface area contributed by atoms with Gasteiger partial charge in [-0.05, 0) is 67.3 Å². The van der Waals surface area contributed by atoms with Crippen LogP contribution in [0.25, 0.3) is 0 Å². The smallest absolute Gasteiger partial charge is 0.462 e. The summed E-state index contributed by atoms with van der Waals surface area (Å²) in [5.74, 6) is -5.97. The van der Waals surface area contributed by atoms with E-state index in [9.17, 15) is 30.7 Å². The number of benzene rings is 2. The van der Waals surface area contributed by atoms with E-state index >= 15 is 0 Å². The molecule has 0 aliphatic heterocycles. The monoisotopic (exact) mass is 584 g/mol. The zero-order chi connectivity index (χ0) is 22.7. The fraction of sp³-hybridized carbons (Fsp3) is 0.235. The Hall–Kier alpha value is -1.53. The highest BCUT2D eigenvalue weighted by Gasteiger charge is 2.73. The molecular formula is C17H10Br2ClF7N2O. The van der Waals surface area contributed by atoms with Gasteiger partial charge >= 0.3 is 18.1 Å². The third-order valence-corrected chi connectivity index (χ3v) is 4.92. The maximum absolute atomic E-state index is 13.2. The van der Waals surface area contributed by atoms with Crippen molar-refractivity contribution in [3.63, 3.8) is 0 Å². The lowest BCUT2D eigenvalue weighted by atomic mass is 10.2. The zero-order valence-corrected chi connectivity index (χ0v) is 18.3.